The zero-order chi connectivity index (χ0) is 23.5. The number of hydrogen-bond acceptors (Lipinski definition) is 5. The number of carbonyl (C=O) groups excluding carboxylic acids is 1. The summed E-state index contributed by atoms with van der Waals surface area (Å²) in [6.45, 7) is 1.86. The summed E-state index contributed by atoms with van der Waals surface area (Å²) in [5.41, 5.74) is -2.77. The number of halogens is 6. The van der Waals surface area contributed by atoms with E-state index in [1.165, 1.54) is 0 Å². The molecule has 0 spiro atoms. The Morgan fingerprint density at radius 3 is 2.16 bits per heavy atom. The van der Waals surface area contributed by atoms with Gasteiger partial charge in [0, 0.05) is 42.3 Å². The number of aromatic nitrogens is 5. The second-order valence-corrected chi connectivity index (χ2v) is 6.51. The predicted octanol–water partition coefficient (Wildman–Crippen LogP) is 3.87. The van der Waals surface area contributed by atoms with Crippen LogP contribution in [-0.2, 0) is 23.7 Å². The van der Waals surface area contributed by atoms with Crippen molar-refractivity contribution in [1.82, 2.24) is 30.0 Å². The molecule has 0 fully saturated rings. The summed E-state index contributed by atoms with van der Waals surface area (Å²) < 4.78 is 79.0. The van der Waals surface area contributed by atoms with E-state index < -0.39 is 35.0 Å². The summed E-state index contributed by atoms with van der Waals surface area (Å²) in [4.78, 5) is 23.6. The van der Waals surface area contributed by atoms with Gasteiger partial charge in [0.25, 0.3) is 0 Å². The Morgan fingerprint density at radius 1 is 1.00 bits per heavy atom. The van der Waals surface area contributed by atoms with Crippen LogP contribution in [0, 0.1) is 6.92 Å². The highest BCUT2D eigenvalue weighted by Crippen LogP contribution is 2.38. The maximum atomic E-state index is 13.0. The van der Waals surface area contributed by atoms with E-state index in [1.54, 1.807) is 19.3 Å². The van der Waals surface area contributed by atoms with Crippen molar-refractivity contribution in [3.05, 3.63) is 65.5 Å². The molecule has 7 nitrogen and oxygen atoms in total. The van der Waals surface area contributed by atoms with E-state index in [2.05, 4.69) is 25.4 Å². The number of aryl methyl sites for hydroxylation is 1. The number of rotatable bonds is 5. The summed E-state index contributed by atoms with van der Waals surface area (Å²) in [6, 6.07) is 1.06. The molecule has 13 heteroatoms. The monoisotopic (exact) mass is 456 g/mol. The first-order valence-electron chi connectivity index (χ1n) is 8.86. The number of benzene rings is 1. The van der Waals surface area contributed by atoms with Gasteiger partial charge in [0.05, 0.1) is 11.1 Å². The van der Waals surface area contributed by atoms with Crippen LogP contribution >= 0.6 is 0 Å². The maximum Gasteiger partial charge on any atom is 0.416 e. The molecule has 3 aromatic rings. The van der Waals surface area contributed by atoms with Crippen molar-refractivity contribution in [2.45, 2.75) is 25.8 Å². The first-order chi connectivity index (χ1) is 14.9. The Morgan fingerprint density at radius 2 is 1.59 bits per heavy atom. The molecule has 168 valence electrons. The Bertz CT molecular complexity index is 1100. The molecule has 32 heavy (non-hydrogen) atoms. The fourth-order valence-corrected chi connectivity index (χ4v) is 2.47. The second-order valence-electron chi connectivity index (χ2n) is 6.51. The van der Waals surface area contributed by atoms with Crippen molar-refractivity contribution in [2.24, 2.45) is 0 Å². The molecule has 0 aliphatic rings. The highest BCUT2D eigenvalue weighted by Gasteiger charge is 2.37. The fourth-order valence-electron chi connectivity index (χ4n) is 2.47. The summed E-state index contributed by atoms with van der Waals surface area (Å²) in [7, 11) is 0. The van der Waals surface area contributed by atoms with E-state index in [0.717, 1.165) is 23.3 Å². The number of nitrogens with zero attached hydrogens (tertiary/aromatic N) is 5. The normalized spacial score (nSPS) is 12.3. The molecule has 0 aliphatic heterocycles. The van der Waals surface area contributed by atoms with Crippen LogP contribution in [0.25, 0.3) is 17.6 Å². The van der Waals surface area contributed by atoms with Crippen LogP contribution in [0.1, 0.15) is 22.5 Å². The van der Waals surface area contributed by atoms with Gasteiger partial charge in [-0.2, -0.15) is 26.3 Å². The number of nitrogens with one attached hydrogen (secondary N) is 1. The standard InChI is InChI=1S/C19H14F6N6O/c1-11-26-7-12(8-27-11)9-28-16(32)2-3-31-10-29-17(30-31)13-4-14(18(20,21)22)6-15(5-13)19(23,24)25/h2-8,10H,9H2,1H3,(H,28,32). The lowest BCUT2D eigenvalue weighted by Crippen LogP contribution is -2.20. The van der Waals surface area contributed by atoms with E-state index in [1.807, 2.05) is 0 Å². The third-order valence-electron chi connectivity index (χ3n) is 4.03. The highest BCUT2D eigenvalue weighted by atomic mass is 19.4. The number of hydrogen-bond donors (Lipinski definition) is 1. The molecule has 0 aliphatic carbocycles. The van der Waals surface area contributed by atoms with E-state index in [0.29, 0.717) is 23.5 Å². The average molecular weight is 456 g/mol. The lowest BCUT2D eigenvalue weighted by Gasteiger charge is -2.13. The van der Waals surface area contributed by atoms with Crippen molar-refractivity contribution >= 4 is 12.1 Å². The van der Waals surface area contributed by atoms with Crippen LogP contribution in [0.2, 0.25) is 0 Å². The van der Waals surface area contributed by atoms with Gasteiger partial charge in [0.2, 0.25) is 5.91 Å². The van der Waals surface area contributed by atoms with Gasteiger partial charge in [0.15, 0.2) is 5.82 Å². The highest BCUT2D eigenvalue weighted by molar-refractivity contribution is 5.89. The van der Waals surface area contributed by atoms with Gasteiger partial charge in [-0.25, -0.2) is 19.6 Å². The predicted molar refractivity (Wildman–Crippen MR) is 99.4 cm³/mol. The molecule has 1 aromatic carbocycles. The molecular weight excluding hydrogens is 442 g/mol. The van der Waals surface area contributed by atoms with Crippen LogP contribution in [-0.4, -0.2) is 30.6 Å². The van der Waals surface area contributed by atoms with E-state index in [4.69, 9.17) is 0 Å². The van der Waals surface area contributed by atoms with Crippen LogP contribution < -0.4 is 5.32 Å². The Kier molecular flexibility index (Phi) is 6.27. The SMILES string of the molecule is Cc1ncc(CNC(=O)C=Cn2cnc(-c3cc(C(F)(F)F)cc(C(F)(F)F)c3)n2)cn1. The third-order valence-corrected chi connectivity index (χ3v) is 4.03. The smallest absolute Gasteiger partial charge is 0.348 e. The Hall–Kier alpha value is -3.77. The van der Waals surface area contributed by atoms with Crippen molar-refractivity contribution in [2.75, 3.05) is 0 Å². The number of amides is 1. The van der Waals surface area contributed by atoms with Crippen LogP contribution in [0.15, 0.2) is 43.0 Å². The molecule has 3 rings (SSSR count). The van der Waals surface area contributed by atoms with Gasteiger partial charge >= 0.3 is 12.4 Å². The van der Waals surface area contributed by atoms with Crippen molar-refractivity contribution in [3.8, 4) is 11.4 Å². The summed E-state index contributed by atoms with van der Waals surface area (Å²) in [5, 5.41) is 6.37. The van der Waals surface area contributed by atoms with E-state index in [9.17, 15) is 31.1 Å². The first kappa shape index (κ1) is 22.9. The van der Waals surface area contributed by atoms with Crippen LogP contribution in [0.3, 0.4) is 0 Å². The van der Waals surface area contributed by atoms with Gasteiger partial charge in [-0.1, -0.05) is 0 Å². The molecule has 1 amide bonds. The molecule has 2 heterocycles. The molecule has 0 saturated heterocycles. The molecule has 2 aromatic heterocycles. The fraction of sp³-hybridized carbons (Fsp3) is 0.211. The summed E-state index contributed by atoms with van der Waals surface area (Å²) >= 11 is 0. The Balaban J connectivity index is 1.74. The minimum atomic E-state index is -4.99. The largest absolute Gasteiger partial charge is 0.416 e. The van der Waals surface area contributed by atoms with Crippen molar-refractivity contribution < 1.29 is 31.1 Å². The average Bonchev–Trinajstić information content (AvgIpc) is 3.19. The van der Waals surface area contributed by atoms with Crippen molar-refractivity contribution in [1.29, 1.82) is 0 Å². The molecule has 1 N–H and O–H groups in total. The molecular formula is C19H14F6N6O. The number of carbonyl (C=O) groups is 1. The van der Waals surface area contributed by atoms with Gasteiger partial charge in [0.1, 0.15) is 12.2 Å². The second kappa shape index (κ2) is 8.77. The van der Waals surface area contributed by atoms with Gasteiger partial charge in [-0.15, -0.1) is 5.10 Å². The minimum absolute atomic E-state index is 0.0177. The van der Waals surface area contributed by atoms with E-state index >= 15 is 0 Å². The van der Waals surface area contributed by atoms with E-state index in [-0.39, 0.29) is 18.4 Å². The zero-order valence-corrected chi connectivity index (χ0v) is 16.2. The Labute approximate surface area is 176 Å². The molecule has 0 atom stereocenters. The maximum absolute atomic E-state index is 13.0. The lowest BCUT2D eigenvalue weighted by molar-refractivity contribution is -0.143. The van der Waals surface area contributed by atoms with Gasteiger partial charge in [-0.3, -0.25) is 4.79 Å². The summed E-state index contributed by atoms with van der Waals surface area (Å²) in [6.07, 6.45) is -3.63. The quantitative estimate of drug-likeness (QED) is 0.466. The molecule has 0 unspecified atom stereocenters. The zero-order valence-electron chi connectivity index (χ0n) is 16.2. The summed E-state index contributed by atoms with van der Waals surface area (Å²) in [5.74, 6) is -0.324. The van der Waals surface area contributed by atoms with Crippen LogP contribution in [0.4, 0.5) is 26.3 Å². The van der Waals surface area contributed by atoms with Gasteiger partial charge < -0.3 is 5.32 Å². The third kappa shape index (κ3) is 5.89. The topological polar surface area (TPSA) is 85.6 Å². The molecule has 0 radical (unpaired) electrons. The minimum Gasteiger partial charge on any atom is -0.348 e. The molecule has 0 saturated carbocycles. The van der Waals surface area contributed by atoms with Crippen LogP contribution in [0.5, 0.6) is 0 Å². The van der Waals surface area contributed by atoms with Crippen molar-refractivity contribution in [3.63, 3.8) is 0 Å². The molecule has 0 bridgehead atoms. The van der Waals surface area contributed by atoms with Gasteiger partial charge in [-0.05, 0) is 25.1 Å². The first-order valence-corrected chi connectivity index (χ1v) is 8.86. The number of alkyl halides is 6. The lowest BCUT2D eigenvalue weighted by atomic mass is 10.0.